The largest absolute Gasteiger partial charge is 0.497 e. The molecule has 32 heavy (non-hydrogen) atoms. The van der Waals surface area contributed by atoms with Crippen LogP contribution in [0.15, 0.2) is 70.2 Å². The Bertz CT molecular complexity index is 1340. The molecule has 0 bridgehead atoms. The lowest BCUT2D eigenvalue weighted by Crippen LogP contribution is -2.30. The Morgan fingerprint density at radius 1 is 1.16 bits per heavy atom. The minimum Gasteiger partial charge on any atom is -0.497 e. The maximum Gasteiger partial charge on any atom is 0.260 e. The summed E-state index contributed by atoms with van der Waals surface area (Å²) in [5.41, 5.74) is 1.11. The van der Waals surface area contributed by atoms with Crippen LogP contribution in [-0.4, -0.2) is 31.7 Å². The number of carbonyl (C=O) groups is 1. The summed E-state index contributed by atoms with van der Waals surface area (Å²) < 4.78 is 36.4. The van der Waals surface area contributed by atoms with Gasteiger partial charge in [-0.3, -0.25) is 9.69 Å². The highest BCUT2D eigenvalue weighted by Gasteiger charge is 2.24. The van der Waals surface area contributed by atoms with Crippen LogP contribution in [0.4, 0.5) is 5.13 Å². The molecule has 2 aromatic carbocycles. The molecule has 7 nitrogen and oxygen atoms in total. The van der Waals surface area contributed by atoms with Crippen molar-refractivity contribution in [1.82, 2.24) is 4.98 Å². The molecule has 0 fully saturated rings. The van der Waals surface area contributed by atoms with Crippen molar-refractivity contribution < 1.29 is 22.4 Å². The zero-order valence-corrected chi connectivity index (χ0v) is 19.4. The number of hydrogen-bond donors (Lipinski definition) is 0. The Balaban J connectivity index is 1.71. The zero-order chi connectivity index (χ0) is 22.9. The average Bonchev–Trinajstić information content (AvgIpc) is 3.45. The molecule has 0 aliphatic carbocycles. The average molecular weight is 471 g/mol. The van der Waals surface area contributed by atoms with Gasteiger partial charge in [0.05, 0.1) is 40.3 Å². The van der Waals surface area contributed by atoms with Crippen LogP contribution in [0.1, 0.15) is 30.0 Å². The van der Waals surface area contributed by atoms with Gasteiger partial charge in [-0.1, -0.05) is 11.3 Å². The maximum absolute atomic E-state index is 13.4. The van der Waals surface area contributed by atoms with E-state index in [1.165, 1.54) is 40.5 Å². The number of benzene rings is 2. The Morgan fingerprint density at radius 2 is 1.91 bits per heavy atom. The first-order valence-corrected chi connectivity index (χ1v) is 12.3. The van der Waals surface area contributed by atoms with Crippen LogP contribution in [-0.2, 0) is 16.4 Å². The van der Waals surface area contributed by atoms with Gasteiger partial charge in [0.25, 0.3) is 5.91 Å². The van der Waals surface area contributed by atoms with Gasteiger partial charge in [0.1, 0.15) is 11.5 Å². The molecule has 9 heteroatoms. The number of sulfone groups is 1. The molecule has 0 unspecified atom stereocenters. The van der Waals surface area contributed by atoms with Crippen LogP contribution in [0.25, 0.3) is 10.2 Å². The number of rotatable bonds is 7. The molecule has 166 valence electrons. The second kappa shape index (κ2) is 8.76. The highest BCUT2D eigenvalue weighted by Crippen LogP contribution is 2.33. The third-order valence-corrected chi connectivity index (χ3v) is 8.22. The number of hydrogen-bond acceptors (Lipinski definition) is 7. The van der Waals surface area contributed by atoms with Gasteiger partial charge in [-0.25, -0.2) is 13.4 Å². The summed E-state index contributed by atoms with van der Waals surface area (Å²) in [5, 5.41) is -0.0345. The first-order valence-electron chi connectivity index (χ1n) is 9.92. The molecular weight excluding hydrogens is 448 g/mol. The van der Waals surface area contributed by atoms with Crippen molar-refractivity contribution in [3.8, 4) is 5.75 Å². The standard InChI is InChI=1S/C23H22N2O5S2/c1-15(2)32(27,28)19-9-6-16(7-10-19)22(26)25(14-18-5-4-12-30-18)23-24-20-11-8-17(29-3)13-21(20)31-23/h4-13,15H,14H2,1-3H3. The maximum atomic E-state index is 13.4. The van der Waals surface area contributed by atoms with Crippen molar-refractivity contribution in [2.24, 2.45) is 0 Å². The van der Waals surface area contributed by atoms with Crippen LogP contribution < -0.4 is 9.64 Å². The number of ether oxygens (including phenoxy) is 1. The molecule has 0 aliphatic rings. The number of amides is 1. The molecule has 0 N–H and O–H groups in total. The minimum absolute atomic E-state index is 0.189. The molecule has 2 heterocycles. The van der Waals surface area contributed by atoms with E-state index < -0.39 is 15.1 Å². The van der Waals surface area contributed by atoms with E-state index in [1.54, 1.807) is 39.4 Å². The molecule has 4 aromatic rings. The van der Waals surface area contributed by atoms with Gasteiger partial charge < -0.3 is 9.15 Å². The monoisotopic (exact) mass is 470 g/mol. The Kier molecular flexibility index (Phi) is 6.03. The van der Waals surface area contributed by atoms with Crippen LogP contribution in [0.2, 0.25) is 0 Å². The van der Waals surface area contributed by atoms with E-state index >= 15 is 0 Å². The predicted molar refractivity (Wildman–Crippen MR) is 124 cm³/mol. The summed E-state index contributed by atoms with van der Waals surface area (Å²) >= 11 is 1.37. The lowest BCUT2D eigenvalue weighted by molar-refractivity contribution is 0.0983. The molecule has 0 radical (unpaired) electrons. The van der Waals surface area contributed by atoms with Gasteiger partial charge in [0.15, 0.2) is 15.0 Å². The van der Waals surface area contributed by atoms with Crippen molar-refractivity contribution in [1.29, 1.82) is 0 Å². The van der Waals surface area contributed by atoms with E-state index in [0.717, 1.165) is 10.2 Å². The number of anilines is 1. The number of carbonyl (C=O) groups excluding carboxylic acids is 1. The van der Waals surface area contributed by atoms with Crippen molar-refractivity contribution in [2.45, 2.75) is 30.5 Å². The number of furan rings is 1. The van der Waals surface area contributed by atoms with Crippen molar-refractivity contribution in [3.63, 3.8) is 0 Å². The van der Waals surface area contributed by atoms with Crippen molar-refractivity contribution in [2.75, 3.05) is 12.0 Å². The van der Waals surface area contributed by atoms with Crippen LogP contribution in [0, 0.1) is 0 Å². The lowest BCUT2D eigenvalue weighted by atomic mass is 10.2. The highest BCUT2D eigenvalue weighted by molar-refractivity contribution is 7.92. The highest BCUT2D eigenvalue weighted by atomic mass is 32.2. The van der Waals surface area contributed by atoms with Gasteiger partial charge in [-0.15, -0.1) is 0 Å². The van der Waals surface area contributed by atoms with Gasteiger partial charge in [0, 0.05) is 5.56 Å². The van der Waals surface area contributed by atoms with Gasteiger partial charge >= 0.3 is 0 Å². The number of nitrogens with zero attached hydrogens (tertiary/aromatic N) is 2. The van der Waals surface area contributed by atoms with E-state index in [2.05, 4.69) is 4.98 Å². The second-order valence-corrected chi connectivity index (χ2v) is 10.9. The van der Waals surface area contributed by atoms with E-state index in [1.807, 2.05) is 18.2 Å². The lowest BCUT2D eigenvalue weighted by Gasteiger charge is -2.19. The molecule has 4 rings (SSSR count). The third-order valence-electron chi connectivity index (χ3n) is 5.00. The summed E-state index contributed by atoms with van der Waals surface area (Å²) in [7, 11) is -1.82. The minimum atomic E-state index is -3.42. The summed E-state index contributed by atoms with van der Waals surface area (Å²) in [6.07, 6.45) is 1.55. The molecule has 2 aromatic heterocycles. The normalized spacial score (nSPS) is 11.8. The van der Waals surface area contributed by atoms with Gasteiger partial charge in [-0.2, -0.15) is 0 Å². The summed E-state index contributed by atoms with van der Waals surface area (Å²) in [6.45, 7) is 3.44. The fourth-order valence-corrected chi connectivity index (χ4v) is 5.19. The van der Waals surface area contributed by atoms with Crippen LogP contribution >= 0.6 is 11.3 Å². The molecule has 1 amide bonds. The van der Waals surface area contributed by atoms with Crippen molar-refractivity contribution in [3.05, 3.63) is 72.2 Å². The summed E-state index contributed by atoms with van der Waals surface area (Å²) in [4.78, 5) is 19.8. The predicted octanol–water partition coefficient (Wildman–Crippen LogP) is 4.93. The number of methoxy groups -OCH3 is 1. The van der Waals surface area contributed by atoms with Crippen LogP contribution in [0.5, 0.6) is 5.75 Å². The second-order valence-electron chi connectivity index (χ2n) is 7.42. The van der Waals surface area contributed by atoms with Gasteiger partial charge in [0.2, 0.25) is 0 Å². The number of fused-ring (bicyclic) bond motifs is 1. The van der Waals surface area contributed by atoms with Crippen molar-refractivity contribution >= 4 is 42.4 Å². The fraction of sp³-hybridized carbons (Fsp3) is 0.217. The molecule has 0 atom stereocenters. The molecule has 0 saturated heterocycles. The first-order chi connectivity index (χ1) is 15.3. The molecule has 0 spiro atoms. The topological polar surface area (TPSA) is 89.7 Å². The molecule has 0 aliphatic heterocycles. The Labute approximate surface area is 190 Å². The smallest absolute Gasteiger partial charge is 0.260 e. The molecule has 0 saturated carbocycles. The van der Waals surface area contributed by atoms with Crippen LogP contribution in [0.3, 0.4) is 0 Å². The fourth-order valence-electron chi connectivity index (χ4n) is 3.14. The number of aromatic nitrogens is 1. The third kappa shape index (κ3) is 4.26. The first kappa shape index (κ1) is 22.0. The zero-order valence-electron chi connectivity index (χ0n) is 17.8. The quantitative estimate of drug-likeness (QED) is 0.381. The van der Waals surface area contributed by atoms with E-state index in [-0.39, 0.29) is 17.3 Å². The summed E-state index contributed by atoms with van der Waals surface area (Å²) in [6, 6.07) is 15.1. The Hall–Kier alpha value is -3.17. The molecular formula is C23H22N2O5S2. The van der Waals surface area contributed by atoms with Gasteiger partial charge in [-0.05, 0) is 68.4 Å². The number of thiazole rings is 1. The summed E-state index contributed by atoms with van der Waals surface area (Å²) in [5.74, 6) is 1.01. The van der Waals surface area contributed by atoms with E-state index in [0.29, 0.717) is 22.2 Å². The van der Waals surface area contributed by atoms with E-state index in [4.69, 9.17) is 9.15 Å². The van der Waals surface area contributed by atoms with E-state index in [9.17, 15) is 13.2 Å². The SMILES string of the molecule is COc1ccc2nc(N(Cc3ccco3)C(=O)c3ccc(S(=O)(=O)C(C)C)cc3)sc2c1. The Morgan fingerprint density at radius 3 is 2.53 bits per heavy atom.